The molecule has 2 aromatic rings. The molecule has 0 atom stereocenters. The average Bonchev–Trinajstić information content (AvgIpc) is 2.86. The van der Waals surface area contributed by atoms with Crippen molar-refractivity contribution in [3.05, 3.63) is 35.7 Å². The van der Waals surface area contributed by atoms with Crippen molar-refractivity contribution in [2.75, 3.05) is 5.32 Å². The van der Waals surface area contributed by atoms with E-state index in [0.717, 1.165) is 12.1 Å². The molecule has 1 heterocycles. The van der Waals surface area contributed by atoms with Gasteiger partial charge in [-0.3, -0.25) is 14.9 Å². The van der Waals surface area contributed by atoms with Gasteiger partial charge in [0.2, 0.25) is 11.0 Å². The zero-order valence-electron chi connectivity index (χ0n) is 10.5. The number of halogens is 3. The largest absolute Gasteiger partial charge is 0.573 e. The maximum atomic E-state index is 12.3. The van der Waals surface area contributed by atoms with E-state index >= 15 is 0 Å². The van der Waals surface area contributed by atoms with Crippen LogP contribution >= 0.6 is 11.5 Å². The molecule has 0 aliphatic heterocycles. The van der Waals surface area contributed by atoms with Gasteiger partial charge in [-0.25, -0.2) is 0 Å². The van der Waals surface area contributed by atoms with E-state index in [4.69, 9.17) is 5.73 Å². The van der Waals surface area contributed by atoms with Crippen LogP contribution in [0.25, 0.3) is 0 Å². The molecule has 2 rings (SSSR count). The lowest BCUT2D eigenvalue weighted by molar-refractivity contribution is -0.274. The predicted octanol–water partition coefficient (Wildman–Crippen LogP) is 1.79. The SMILES string of the molecule is NC(=O)c1nsc(NC(=O)c2ccccc2OC(F)(F)F)n1. The standard InChI is InChI=1S/C11H7F3N4O3S/c12-11(13,14)21-6-4-2-1-3-5(6)9(20)17-10-16-8(7(15)19)18-22-10/h1-4H,(H2,15,19)(H,16,17,18,20). The zero-order valence-corrected chi connectivity index (χ0v) is 11.4. The normalized spacial score (nSPS) is 11.0. The van der Waals surface area contributed by atoms with Crippen LogP contribution in [-0.4, -0.2) is 27.5 Å². The summed E-state index contributed by atoms with van der Waals surface area (Å²) in [7, 11) is 0. The molecule has 116 valence electrons. The molecular weight excluding hydrogens is 325 g/mol. The van der Waals surface area contributed by atoms with Crippen LogP contribution in [0.15, 0.2) is 24.3 Å². The number of primary amides is 1. The summed E-state index contributed by atoms with van der Waals surface area (Å²) < 4.78 is 44.2. The summed E-state index contributed by atoms with van der Waals surface area (Å²) in [6.45, 7) is 0. The molecular formula is C11H7F3N4O3S. The van der Waals surface area contributed by atoms with Crippen molar-refractivity contribution >= 4 is 28.5 Å². The fourth-order valence-electron chi connectivity index (χ4n) is 1.41. The van der Waals surface area contributed by atoms with E-state index in [-0.39, 0.29) is 16.5 Å². The molecule has 0 spiro atoms. The van der Waals surface area contributed by atoms with Crippen LogP contribution in [0.1, 0.15) is 21.0 Å². The van der Waals surface area contributed by atoms with Gasteiger partial charge in [-0.1, -0.05) is 12.1 Å². The lowest BCUT2D eigenvalue weighted by Gasteiger charge is -2.12. The second-order valence-corrected chi connectivity index (χ2v) is 4.54. The maximum absolute atomic E-state index is 12.3. The number of anilines is 1. The number of nitrogens with one attached hydrogen (secondary N) is 1. The number of aromatic nitrogens is 2. The lowest BCUT2D eigenvalue weighted by atomic mass is 10.2. The molecule has 0 bridgehead atoms. The average molecular weight is 332 g/mol. The Morgan fingerprint density at radius 2 is 1.95 bits per heavy atom. The third-order valence-corrected chi connectivity index (χ3v) is 2.85. The Hall–Kier alpha value is -2.69. The molecule has 3 N–H and O–H groups in total. The lowest BCUT2D eigenvalue weighted by Crippen LogP contribution is -2.21. The summed E-state index contributed by atoms with van der Waals surface area (Å²) in [6, 6.07) is 4.80. The van der Waals surface area contributed by atoms with Crippen LogP contribution in [0.5, 0.6) is 5.75 Å². The highest BCUT2D eigenvalue weighted by molar-refractivity contribution is 7.10. The third kappa shape index (κ3) is 3.91. The smallest absolute Gasteiger partial charge is 0.405 e. The fourth-order valence-corrected chi connectivity index (χ4v) is 1.98. The minimum atomic E-state index is -4.93. The van der Waals surface area contributed by atoms with E-state index < -0.39 is 23.9 Å². The van der Waals surface area contributed by atoms with Gasteiger partial charge >= 0.3 is 6.36 Å². The van der Waals surface area contributed by atoms with E-state index in [0.29, 0.717) is 11.5 Å². The fraction of sp³-hybridized carbons (Fsp3) is 0.0909. The molecule has 11 heteroatoms. The van der Waals surface area contributed by atoms with E-state index in [1.54, 1.807) is 0 Å². The van der Waals surface area contributed by atoms with Gasteiger partial charge in [0.1, 0.15) is 5.75 Å². The number of ether oxygens (including phenoxy) is 1. The second kappa shape index (κ2) is 5.97. The van der Waals surface area contributed by atoms with Gasteiger partial charge in [0.15, 0.2) is 0 Å². The summed E-state index contributed by atoms with van der Waals surface area (Å²) in [5, 5.41) is 2.13. The first-order chi connectivity index (χ1) is 10.3. The molecule has 1 aromatic heterocycles. The molecule has 0 radical (unpaired) electrons. The number of hydrogen-bond acceptors (Lipinski definition) is 6. The molecule has 0 fully saturated rings. The zero-order chi connectivity index (χ0) is 16.3. The number of alkyl halides is 3. The van der Waals surface area contributed by atoms with Crippen LogP contribution in [0.3, 0.4) is 0 Å². The van der Waals surface area contributed by atoms with E-state index in [2.05, 4.69) is 19.4 Å². The van der Waals surface area contributed by atoms with E-state index in [9.17, 15) is 22.8 Å². The summed E-state index contributed by atoms with van der Waals surface area (Å²) in [4.78, 5) is 26.4. The Kier molecular flexibility index (Phi) is 4.26. The quantitative estimate of drug-likeness (QED) is 0.887. The van der Waals surface area contributed by atoms with Crippen LogP contribution < -0.4 is 15.8 Å². The van der Waals surface area contributed by atoms with Crippen molar-refractivity contribution < 1.29 is 27.5 Å². The van der Waals surface area contributed by atoms with Crippen molar-refractivity contribution in [1.29, 1.82) is 0 Å². The highest BCUT2D eigenvalue weighted by Gasteiger charge is 2.33. The number of para-hydroxylation sites is 1. The van der Waals surface area contributed by atoms with Crippen molar-refractivity contribution in [3.63, 3.8) is 0 Å². The summed E-state index contributed by atoms with van der Waals surface area (Å²) >= 11 is 0.663. The van der Waals surface area contributed by atoms with Gasteiger partial charge in [0, 0.05) is 11.5 Å². The van der Waals surface area contributed by atoms with Crippen LogP contribution in [0.2, 0.25) is 0 Å². The van der Waals surface area contributed by atoms with Gasteiger partial charge in [0.25, 0.3) is 11.8 Å². The number of nitrogens with two attached hydrogens (primary N) is 1. The monoisotopic (exact) mass is 332 g/mol. The van der Waals surface area contributed by atoms with Gasteiger partial charge in [-0.05, 0) is 12.1 Å². The predicted molar refractivity (Wildman–Crippen MR) is 69.5 cm³/mol. The topological polar surface area (TPSA) is 107 Å². The minimum absolute atomic E-state index is 0.0828. The summed E-state index contributed by atoms with van der Waals surface area (Å²) in [5.74, 6) is -2.75. The Morgan fingerprint density at radius 1 is 1.27 bits per heavy atom. The Bertz CT molecular complexity index is 717. The number of benzene rings is 1. The number of nitrogens with zero attached hydrogens (tertiary/aromatic N) is 2. The molecule has 0 saturated carbocycles. The van der Waals surface area contributed by atoms with Crippen molar-refractivity contribution in [3.8, 4) is 5.75 Å². The Labute approximate surface area is 125 Å². The third-order valence-electron chi connectivity index (χ3n) is 2.22. The molecule has 7 nitrogen and oxygen atoms in total. The molecule has 1 aromatic carbocycles. The molecule has 22 heavy (non-hydrogen) atoms. The summed E-state index contributed by atoms with van der Waals surface area (Å²) in [6.07, 6.45) is -4.93. The number of hydrogen-bond donors (Lipinski definition) is 2. The van der Waals surface area contributed by atoms with Crippen molar-refractivity contribution in [1.82, 2.24) is 9.36 Å². The van der Waals surface area contributed by atoms with Crippen LogP contribution in [0.4, 0.5) is 18.3 Å². The highest BCUT2D eigenvalue weighted by atomic mass is 32.1. The molecule has 0 unspecified atom stereocenters. The first-order valence-corrected chi connectivity index (χ1v) is 6.33. The first-order valence-electron chi connectivity index (χ1n) is 5.56. The highest BCUT2D eigenvalue weighted by Crippen LogP contribution is 2.27. The Balaban J connectivity index is 2.20. The number of carbonyl (C=O) groups excluding carboxylic acids is 2. The second-order valence-electron chi connectivity index (χ2n) is 3.79. The Morgan fingerprint density at radius 3 is 2.55 bits per heavy atom. The van der Waals surface area contributed by atoms with Gasteiger partial charge < -0.3 is 10.5 Å². The number of amides is 2. The van der Waals surface area contributed by atoms with Gasteiger partial charge in [0.05, 0.1) is 5.56 Å². The summed E-state index contributed by atoms with van der Waals surface area (Å²) in [5.41, 5.74) is 4.60. The maximum Gasteiger partial charge on any atom is 0.573 e. The number of carbonyl (C=O) groups is 2. The van der Waals surface area contributed by atoms with E-state index in [1.807, 2.05) is 0 Å². The number of rotatable bonds is 4. The molecule has 0 aliphatic rings. The molecule has 0 aliphatic carbocycles. The van der Waals surface area contributed by atoms with Gasteiger partial charge in [-0.15, -0.1) is 13.2 Å². The first kappa shape index (κ1) is 15.7. The minimum Gasteiger partial charge on any atom is -0.405 e. The molecule has 0 saturated heterocycles. The van der Waals surface area contributed by atoms with Gasteiger partial charge in [-0.2, -0.15) is 9.36 Å². The van der Waals surface area contributed by atoms with Crippen molar-refractivity contribution in [2.45, 2.75) is 6.36 Å². The van der Waals surface area contributed by atoms with Crippen LogP contribution in [0, 0.1) is 0 Å². The molecule has 2 amide bonds. The van der Waals surface area contributed by atoms with E-state index in [1.165, 1.54) is 12.1 Å². The van der Waals surface area contributed by atoms with Crippen molar-refractivity contribution in [2.24, 2.45) is 5.73 Å². The van der Waals surface area contributed by atoms with Crippen LogP contribution in [-0.2, 0) is 0 Å².